The number of nitrogens with zero attached hydrogens (tertiary/aromatic N) is 2. The van der Waals surface area contributed by atoms with Crippen LogP contribution in [0.1, 0.15) is 68.3 Å². The molecule has 0 saturated heterocycles. The Morgan fingerprint density at radius 1 is 1.22 bits per heavy atom. The largest absolute Gasteiger partial charge is 0.478 e. The van der Waals surface area contributed by atoms with E-state index >= 15 is 0 Å². The predicted molar refractivity (Wildman–Crippen MR) is 126 cm³/mol. The van der Waals surface area contributed by atoms with E-state index in [0.29, 0.717) is 17.0 Å². The van der Waals surface area contributed by atoms with Crippen LogP contribution in [0.3, 0.4) is 0 Å². The average molecular weight is 436 g/mol. The van der Waals surface area contributed by atoms with Crippen LogP contribution < -0.4 is 0 Å². The molecule has 5 rings (SSSR count). The third-order valence-corrected chi connectivity index (χ3v) is 6.59. The van der Waals surface area contributed by atoms with Gasteiger partial charge in [-0.25, -0.2) is 14.2 Å². The Morgan fingerprint density at radius 2 is 2.00 bits per heavy atom. The highest BCUT2D eigenvalue weighted by atomic mass is 19.1. The average Bonchev–Trinajstić information content (AvgIpc) is 3.27. The summed E-state index contributed by atoms with van der Waals surface area (Å²) in [5.74, 6) is -0.622. The first-order valence-corrected chi connectivity index (χ1v) is 11.5. The van der Waals surface area contributed by atoms with Crippen LogP contribution in [0.4, 0.5) is 10.1 Å². The van der Waals surface area contributed by atoms with Crippen molar-refractivity contribution in [2.24, 2.45) is 16.8 Å². The fourth-order valence-corrected chi connectivity index (χ4v) is 4.61. The summed E-state index contributed by atoms with van der Waals surface area (Å²) in [7, 11) is 0. The summed E-state index contributed by atoms with van der Waals surface area (Å²) in [6.07, 6.45) is 12.8. The predicted octanol–water partition coefficient (Wildman–Crippen LogP) is 6.94. The van der Waals surface area contributed by atoms with Crippen LogP contribution in [-0.2, 0) is 6.42 Å². The van der Waals surface area contributed by atoms with Crippen LogP contribution in [0.2, 0.25) is 0 Å². The molecule has 0 bridgehead atoms. The first-order chi connectivity index (χ1) is 15.5. The number of halogens is 1. The number of hydrogen-bond acceptors (Lipinski definition) is 3. The Kier molecular flexibility index (Phi) is 6.68. The van der Waals surface area contributed by atoms with Gasteiger partial charge in [0.1, 0.15) is 11.4 Å². The number of carbonyl (C=O) groups is 1. The van der Waals surface area contributed by atoms with Crippen molar-refractivity contribution in [2.75, 3.05) is 0 Å². The molecule has 32 heavy (non-hydrogen) atoms. The van der Waals surface area contributed by atoms with E-state index in [-0.39, 0.29) is 5.52 Å². The number of aromatic carboxylic acids is 1. The molecule has 1 aliphatic carbocycles. The van der Waals surface area contributed by atoms with Crippen LogP contribution in [0.5, 0.6) is 0 Å². The fraction of sp³-hybridized carbons (Fsp3) is 0.423. The third kappa shape index (κ3) is 4.59. The summed E-state index contributed by atoms with van der Waals surface area (Å²) < 4.78 is 14.4. The number of hydrogen-bond donors (Lipinski definition) is 2. The highest BCUT2D eigenvalue weighted by molar-refractivity contribution is 6.05. The Balaban J connectivity index is 0.000000300. The number of benzene rings is 2. The van der Waals surface area contributed by atoms with Crippen molar-refractivity contribution >= 4 is 28.9 Å². The molecule has 1 atom stereocenters. The fourth-order valence-electron chi connectivity index (χ4n) is 4.61. The van der Waals surface area contributed by atoms with Gasteiger partial charge < -0.3 is 10.1 Å². The molecular weight excluding hydrogens is 405 g/mol. The van der Waals surface area contributed by atoms with Crippen LogP contribution in [-0.4, -0.2) is 27.3 Å². The SMILES string of the molecule is CC1CCCCC1.CCC1C=Nc2cc(-c3cc(F)c(C(=O)O)c4[nH]cnc34)ccc2C1. The normalized spacial score (nSPS) is 18.2. The van der Waals surface area contributed by atoms with Crippen molar-refractivity contribution in [1.82, 2.24) is 9.97 Å². The number of imidazole rings is 1. The smallest absolute Gasteiger partial charge is 0.340 e. The van der Waals surface area contributed by atoms with Crippen molar-refractivity contribution in [2.45, 2.75) is 58.8 Å². The zero-order valence-electron chi connectivity index (χ0n) is 18.7. The van der Waals surface area contributed by atoms with E-state index in [1.165, 1.54) is 50.1 Å². The van der Waals surface area contributed by atoms with Crippen LogP contribution in [0.15, 0.2) is 35.6 Å². The van der Waals surface area contributed by atoms with Gasteiger partial charge in [0.15, 0.2) is 0 Å². The van der Waals surface area contributed by atoms with E-state index in [1.807, 2.05) is 24.4 Å². The van der Waals surface area contributed by atoms with Gasteiger partial charge in [0.2, 0.25) is 0 Å². The Labute approximate surface area is 187 Å². The topological polar surface area (TPSA) is 78.3 Å². The zero-order chi connectivity index (χ0) is 22.7. The van der Waals surface area contributed by atoms with Crippen molar-refractivity contribution < 1.29 is 14.3 Å². The standard InChI is InChI=1S/C19H16FN3O2.C7H14/c1-2-10-5-12-4-3-11(6-15(12)21-8-10)13-7-14(20)16(19(24)25)18-17(13)22-9-23-18;1-7-5-3-2-4-6-7/h3-4,6-10H,2,5H2,1H3,(H,22,23)(H,24,25);7H,2-6H2,1H3. The van der Waals surface area contributed by atoms with Gasteiger partial charge in [-0.3, -0.25) is 4.99 Å². The summed E-state index contributed by atoms with van der Waals surface area (Å²) in [5, 5.41) is 9.24. The first-order valence-electron chi connectivity index (χ1n) is 11.5. The van der Waals surface area contributed by atoms with E-state index in [4.69, 9.17) is 0 Å². The number of H-pyrrole nitrogens is 1. The maximum absolute atomic E-state index is 14.4. The molecule has 3 aromatic rings. The zero-order valence-corrected chi connectivity index (χ0v) is 18.7. The van der Waals surface area contributed by atoms with Gasteiger partial charge in [-0.2, -0.15) is 0 Å². The molecule has 1 unspecified atom stereocenters. The maximum Gasteiger partial charge on any atom is 0.340 e. The molecule has 5 nitrogen and oxygen atoms in total. The molecule has 0 spiro atoms. The van der Waals surface area contributed by atoms with E-state index in [9.17, 15) is 14.3 Å². The lowest BCUT2D eigenvalue weighted by Crippen LogP contribution is -2.08. The lowest BCUT2D eigenvalue weighted by molar-refractivity contribution is 0.0694. The number of rotatable bonds is 3. The molecule has 2 heterocycles. The summed E-state index contributed by atoms with van der Waals surface area (Å²) >= 11 is 0. The number of fused-ring (bicyclic) bond motifs is 2. The molecule has 168 valence electrons. The molecule has 0 radical (unpaired) electrons. The van der Waals surface area contributed by atoms with E-state index in [0.717, 1.165) is 30.0 Å². The van der Waals surface area contributed by atoms with Gasteiger partial charge in [-0.1, -0.05) is 58.1 Å². The number of aromatic amines is 1. The van der Waals surface area contributed by atoms with Gasteiger partial charge in [0.25, 0.3) is 0 Å². The first kappa shape index (κ1) is 22.2. The summed E-state index contributed by atoms with van der Waals surface area (Å²) in [5.41, 5.74) is 3.58. The second-order valence-electron chi connectivity index (χ2n) is 8.95. The minimum Gasteiger partial charge on any atom is -0.478 e. The van der Waals surface area contributed by atoms with Crippen molar-refractivity contribution in [1.29, 1.82) is 0 Å². The Bertz CT molecular complexity index is 1150. The van der Waals surface area contributed by atoms with Gasteiger partial charge in [-0.15, -0.1) is 0 Å². The summed E-state index contributed by atoms with van der Waals surface area (Å²) in [6.45, 7) is 4.50. The molecule has 2 N–H and O–H groups in total. The van der Waals surface area contributed by atoms with Gasteiger partial charge >= 0.3 is 5.97 Å². The number of carboxylic acids is 1. The minimum atomic E-state index is -1.32. The molecule has 2 aliphatic rings. The molecular formula is C26H30FN3O2. The Hall–Kier alpha value is -3.02. The molecule has 1 aromatic heterocycles. The summed E-state index contributed by atoms with van der Waals surface area (Å²) in [6, 6.07) is 7.05. The lowest BCUT2D eigenvalue weighted by Gasteiger charge is -2.18. The number of aliphatic imine (C=N–C) groups is 1. The van der Waals surface area contributed by atoms with Crippen molar-refractivity contribution in [3.8, 4) is 11.1 Å². The second-order valence-corrected chi connectivity index (χ2v) is 8.95. The molecule has 6 heteroatoms. The molecule has 1 aliphatic heterocycles. The Morgan fingerprint density at radius 3 is 2.66 bits per heavy atom. The molecule has 2 aromatic carbocycles. The minimum absolute atomic E-state index is 0.190. The highest BCUT2D eigenvalue weighted by Gasteiger charge is 2.21. The lowest BCUT2D eigenvalue weighted by atomic mass is 9.91. The molecule has 1 fully saturated rings. The second kappa shape index (κ2) is 9.63. The number of nitrogens with one attached hydrogen (secondary N) is 1. The van der Waals surface area contributed by atoms with Crippen LogP contribution in [0, 0.1) is 17.7 Å². The maximum atomic E-state index is 14.4. The number of aromatic nitrogens is 2. The number of carboxylic acid groups (broad SMARTS) is 1. The van der Waals surface area contributed by atoms with Gasteiger partial charge in [-0.05, 0) is 47.9 Å². The van der Waals surface area contributed by atoms with Crippen molar-refractivity contribution in [3.63, 3.8) is 0 Å². The monoisotopic (exact) mass is 435 g/mol. The van der Waals surface area contributed by atoms with E-state index in [2.05, 4.69) is 28.8 Å². The van der Waals surface area contributed by atoms with Crippen LogP contribution in [0.25, 0.3) is 22.2 Å². The third-order valence-electron chi connectivity index (χ3n) is 6.59. The molecule has 1 saturated carbocycles. The summed E-state index contributed by atoms with van der Waals surface area (Å²) in [4.78, 5) is 22.8. The van der Waals surface area contributed by atoms with Gasteiger partial charge in [0, 0.05) is 11.8 Å². The van der Waals surface area contributed by atoms with E-state index in [1.54, 1.807) is 0 Å². The van der Waals surface area contributed by atoms with E-state index < -0.39 is 17.3 Å². The van der Waals surface area contributed by atoms with Gasteiger partial charge in [0.05, 0.1) is 23.0 Å². The highest BCUT2D eigenvalue weighted by Crippen LogP contribution is 2.36. The van der Waals surface area contributed by atoms with Crippen LogP contribution >= 0.6 is 0 Å². The van der Waals surface area contributed by atoms with Crippen molar-refractivity contribution in [3.05, 3.63) is 47.5 Å². The molecule has 0 amide bonds. The quantitative estimate of drug-likeness (QED) is 0.468.